The van der Waals surface area contributed by atoms with Gasteiger partial charge in [-0.3, -0.25) is 4.79 Å². The first-order valence-electron chi connectivity index (χ1n) is 7.55. The first-order valence-corrected chi connectivity index (χ1v) is 7.55. The van der Waals surface area contributed by atoms with E-state index in [9.17, 15) is 9.18 Å². The van der Waals surface area contributed by atoms with Crippen LogP contribution in [0.15, 0.2) is 18.2 Å². The predicted octanol–water partition coefficient (Wildman–Crippen LogP) is 1.38. The number of carbonyl (C=O) groups excluding carboxylic acids is 1. The highest BCUT2D eigenvalue weighted by Crippen LogP contribution is 2.28. The molecule has 2 aliphatic heterocycles. The number of hydrogen-bond acceptors (Lipinski definition) is 4. The number of likely N-dealkylation sites (N-methyl/N-ethyl adjacent to an activating group) is 1. The van der Waals surface area contributed by atoms with Crippen LogP contribution in [0, 0.1) is 5.82 Å². The van der Waals surface area contributed by atoms with Crippen molar-refractivity contribution in [2.24, 2.45) is 0 Å². The number of nitrogens with zero attached hydrogens (tertiary/aromatic N) is 2. The minimum absolute atomic E-state index is 0.0128. The number of fused-ring (bicyclic) bond motifs is 1. The molecule has 3 rings (SSSR count). The lowest BCUT2D eigenvalue weighted by molar-refractivity contribution is -0.0871. The fourth-order valence-electron chi connectivity index (χ4n) is 3.31. The van der Waals surface area contributed by atoms with Crippen LogP contribution in [0.2, 0.25) is 0 Å². The molecule has 0 aromatic heterocycles. The van der Waals surface area contributed by atoms with Crippen molar-refractivity contribution >= 4 is 5.91 Å². The van der Waals surface area contributed by atoms with Crippen molar-refractivity contribution in [3.05, 3.63) is 29.6 Å². The zero-order valence-electron chi connectivity index (χ0n) is 12.9. The van der Waals surface area contributed by atoms with E-state index in [1.807, 2.05) is 7.05 Å². The van der Waals surface area contributed by atoms with Gasteiger partial charge in [-0.05, 0) is 25.6 Å². The molecule has 2 atom stereocenters. The van der Waals surface area contributed by atoms with Gasteiger partial charge in [0.25, 0.3) is 5.91 Å². The van der Waals surface area contributed by atoms with Crippen LogP contribution in [-0.4, -0.2) is 68.3 Å². The Bertz CT molecular complexity index is 566. The maximum absolute atomic E-state index is 14.2. The van der Waals surface area contributed by atoms with Gasteiger partial charge in [0, 0.05) is 19.6 Å². The van der Waals surface area contributed by atoms with E-state index in [-0.39, 0.29) is 29.4 Å². The zero-order chi connectivity index (χ0) is 15.7. The molecule has 1 aromatic carbocycles. The summed E-state index contributed by atoms with van der Waals surface area (Å²) in [5.74, 6) is -0.586. The van der Waals surface area contributed by atoms with Crippen LogP contribution in [0.25, 0.3) is 0 Å². The number of morpholine rings is 1. The highest BCUT2D eigenvalue weighted by atomic mass is 19.1. The number of benzene rings is 1. The fraction of sp³-hybridized carbons (Fsp3) is 0.562. The van der Waals surface area contributed by atoms with E-state index in [1.165, 1.54) is 13.2 Å². The van der Waals surface area contributed by atoms with E-state index in [2.05, 4.69) is 4.90 Å². The largest absolute Gasteiger partial charge is 0.496 e. The summed E-state index contributed by atoms with van der Waals surface area (Å²) >= 11 is 0. The molecular formula is C16H21FN2O3. The number of carbonyl (C=O) groups is 1. The van der Waals surface area contributed by atoms with Crippen LogP contribution in [0.5, 0.6) is 5.75 Å². The second-order valence-electron chi connectivity index (χ2n) is 5.84. The number of rotatable bonds is 2. The van der Waals surface area contributed by atoms with Gasteiger partial charge in [-0.15, -0.1) is 0 Å². The van der Waals surface area contributed by atoms with E-state index < -0.39 is 5.82 Å². The molecule has 0 N–H and O–H groups in total. The Hall–Kier alpha value is -1.66. The third kappa shape index (κ3) is 2.68. The fourth-order valence-corrected chi connectivity index (χ4v) is 3.31. The van der Waals surface area contributed by atoms with Crippen LogP contribution in [0.3, 0.4) is 0 Å². The molecule has 0 spiro atoms. The van der Waals surface area contributed by atoms with E-state index in [4.69, 9.17) is 9.47 Å². The highest BCUT2D eigenvalue weighted by molar-refractivity contribution is 5.97. The van der Waals surface area contributed by atoms with Crippen LogP contribution >= 0.6 is 0 Å². The average molecular weight is 308 g/mol. The molecule has 120 valence electrons. The van der Waals surface area contributed by atoms with Gasteiger partial charge in [0.05, 0.1) is 25.9 Å². The third-order valence-electron chi connectivity index (χ3n) is 4.46. The Morgan fingerprint density at radius 2 is 2.23 bits per heavy atom. The second kappa shape index (κ2) is 6.22. The van der Waals surface area contributed by atoms with Gasteiger partial charge in [0.2, 0.25) is 0 Å². The molecule has 2 saturated heterocycles. The quantitative estimate of drug-likeness (QED) is 0.828. The van der Waals surface area contributed by atoms with Gasteiger partial charge in [-0.2, -0.15) is 0 Å². The Labute approximate surface area is 129 Å². The minimum atomic E-state index is -0.545. The molecule has 0 bridgehead atoms. The van der Waals surface area contributed by atoms with Crippen LogP contribution in [-0.2, 0) is 4.74 Å². The Morgan fingerprint density at radius 3 is 3.00 bits per heavy atom. The molecule has 0 radical (unpaired) electrons. The maximum atomic E-state index is 14.2. The lowest BCUT2D eigenvalue weighted by atomic mass is 9.98. The smallest absolute Gasteiger partial charge is 0.261 e. The van der Waals surface area contributed by atoms with Crippen molar-refractivity contribution in [1.82, 2.24) is 9.80 Å². The Morgan fingerprint density at radius 1 is 1.41 bits per heavy atom. The summed E-state index contributed by atoms with van der Waals surface area (Å²) in [7, 11) is 3.47. The number of hydrogen-bond donors (Lipinski definition) is 0. The summed E-state index contributed by atoms with van der Waals surface area (Å²) in [6.45, 7) is 2.66. The van der Waals surface area contributed by atoms with Crippen LogP contribution in [0.1, 0.15) is 16.8 Å². The Kier molecular flexibility index (Phi) is 4.31. The molecule has 0 unspecified atom stereocenters. The average Bonchev–Trinajstić information content (AvgIpc) is 2.53. The zero-order valence-corrected chi connectivity index (χ0v) is 12.9. The summed E-state index contributed by atoms with van der Waals surface area (Å²) in [5.41, 5.74) is 0.0128. The molecule has 2 heterocycles. The predicted molar refractivity (Wildman–Crippen MR) is 79.6 cm³/mol. The lowest BCUT2D eigenvalue weighted by Gasteiger charge is -2.46. The van der Waals surface area contributed by atoms with Crippen LogP contribution in [0.4, 0.5) is 4.39 Å². The summed E-state index contributed by atoms with van der Waals surface area (Å²) in [4.78, 5) is 16.8. The molecule has 0 aliphatic carbocycles. The second-order valence-corrected chi connectivity index (χ2v) is 5.84. The summed E-state index contributed by atoms with van der Waals surface area (Å²) < 4.78 is 25.1. The summed E-state index contributed by atoms with van der Waals surface area (Å²) in [6, 6.07) is 4.41. The van der Waals surface area contributed by atoms with Gasteiger partial charge < -0.3 is 19.3 Å². The lowest BCUT2D eigenvalue weighted by Crippen LogP contribution is -2.60. The van der Waals surface area contributed by atoms with Gasteiger partial charge in [-0.25, -0.2) is 4.39 Å². The normalized spacial score (nSPS) is 25.7. The standard InChI is InChI=1S/C16H21FN2O3/c1-18-7-6-13-12(10-18)19(8-9-22-13)16(20)15-11(17)4-3-5-14(15)21-2/h3-5,12-13H,6-10H2,1-2H3/t12-,13-/m1/s1. The molecule has 5 nitrogen and oxygen atoms in total. The van der Waals surface area contributed by atoms with Gasteiger partial charge in [-0.1, -0.05) is 6.07 Å². The van der Waals surface area contributed by atoms with Crippen LogP contribution < -0.4 is 4.74 Å². The summed E-state index contributed by atoms with van der Waals surface area (Å²) in [6.07, 6.45) is 0.922. The summed E-state index contributed by atoms with van der Waals surface area (Å²) in [5, 5.41) is 0. The molecule has 22 heavy (non-hydrogen) atoms. The topological polar surface area (TPSA) is 42.0 Å². The van der Waals surface area contributed by atoms with E-state index in [0.717, 1.165) is 19.5 Å². The van der Waals surface area contributed by atoms with Gasteiger partial charge >= 0.3 is 0 Å². The monoisotopic (exact) mass is 308 g/mol. The number of likely N-dealkylation sites (tertiary alicyclic amines) is 1. The first kappa shape index (κ1) is 15.2. The van der Waals surface area contributed by atoms with E-state index >= 15 is 0 Å². The Balaban J connectivity index is 1.91. The highest BCUT2D eigenvalue weighted by Gasteiger charge is 2.39. The molecule has 2 fully saturated rings. The molecule has 0 saturated carbocycles. The SMILES string of the molecule is COc1cccc(F)c1C(=O)N1CCO[C@@H]2CCN(C)C[C@H]21. The molecule has 1 aromatic rings. The third-order valence-corrected chi connectivity index (χ3v) is 4.46. The maximum Gasteiger partial charge on any atom is 0.261 e. The van der Waals surface area contributed by atoms with Crippen molar-refractivity contribution in [2.75, 3.05) is 40.4 Å². The number of ether oxygens (including phenoxy) is 2. The minimum Gasteiger partial charge on any atom is -0.496 e. The van der Waals surface area contributed by atoms with E-state index in [0.29, 0.717) is 13.2 Å². The molecule has 2 aliphatic rings. The molecule has 6 heteroatoms. The van der Waals surface area contributed by atoms with Gasteiger partial charge in [0.1, 0.15) is 17.1 Å². The number of halogens is 1. The number of amides is 1. The number of methoxy groups -OCH3 is 1. The van der Waals surface area contributed by atoms with Crippen molar-refractivity contribution in [3.63, 3.8) is 0 Å². The van der Waals surface area contributed by atoms with Crippen molar-refractivity contribution in [2.45, 2.75) is 18.6 Å². The van der Waals surface area contributed by atoms with Crippen molar-refractivity contribution in [1.29, 1.82) is 0 Å². The molecular weight excluding hydrogens is 287 g/mol. The first-order chi connectivity index (χ1) is 10.6. The van der Waals surface area contributed by atoms with E-state index in [1.54, 1.807) is 17.0 Å². The van der Waals surface area contributed by atoms with Gasteiger partial charge in [0.15, 0.2) is 0 Å². The molecule has 1 amide bonds. The van der Waals surface area contributed by atoms with Crippen molar-refractivity contribution < 1.29 is 18.7 Å². The van der Waals surface area contributed by atoms with Crippen molar-refractivity contribution in [3.8, 4) is 5.75 Å². The number of piperidine rings is 1.